The first kappa shape index (κ1) is 12.7. The molecule has 1 heterocycles. The molecule has 1 saturated carbocycles. The molecule has 1 saturated heterocycles. The summed E-state index contributed by atoms with van der Waals surface area (Å²) in [6.07, 6.45) is 5.47. The van der Waals surface area contributed by atoms with Crippen LogP contribution in [0.3, 0.4) is 0 Å². The van der Waals surface area contributed by atoms with E-state index in [0.29, 0.717) is 11.6 Å². The standard InChI is InChI=1S/C15H21IN2/c1-12-10-17-15(8-4-5-9-15)11-18(12)14-7-3-2-6-13(14)16/h2-3,6-7,12,17H,4-5,8-11H2,1H3. The third-order valence-corrected chi connectivity index (χ3v) is 5.41. The van der Waals surface area contributed by atoms with Crippen molar-refractivity contribution in [3.8, 4) is 0 Å². The Morgan fingerprint density at radius 3 is 2.72 bits per heavy atom. The minimum atomic E-state index is 0.394. The van der Waals surface area contributed by atoms with Gasteiger partial charge in [-0.1, -0.05) is 25.0 Å². The van der Waals surface area contributed by atoms with Gasteiger partial charge < -0.3 is 10.2 Å². The van der Waals surface area contributed by atoms with Crippen molar-refractivity contribution in [1.82, 2.24) is 5.32 Å². The number of anilines is 1. The molecule has 0 aromatic heterocycles. The SMILES string of the molecule is CC1CNC2(CCCC2)CN1c1ccccc1I. The Hall–Kier alpha value is -0.290. The molecule has 2 nitrogen and oxygen atoms in total. The van der Waals surface area contributed by atoms with Crippen LogP contribution in [0.15, 0.2) is 24.3 Å². The Kier molecular flexibility index (Phi) is 3.54. The molecule has 1 aromatic carbocycles. The van der Waals surface area contributed by atoms with Gasteiger partial charge in [0.2, 0.25) is 0 Å². The summed E-state index contributed by atoms with van der Waals surface area (Å²) in [4.78, 5) is 2.61. The maximum atomic E-state index is 3.82. The molecular formula is C15H21IN2. The maximum Gasteiger partial charge on any atom is 0.0505 e. The van der Waals surface area contributed by atoms with Crippen molar-refractivity contribution in [3.05, 3.63) is 27.8 Å². The Morgan fingerprint density at radius 1 is 1.28 bits per heavy atom. The number of nitrogens with one attached hydrogen (secondary N) is 1. The van der Waals surface area contributed by atoms with Gasteiger partial charge in [-0.05, 0) is 54.5 Å². The van der Waals surface area contributed by atoms with Gasteiger partial charge in [0.05, 0.1) is 5.69 Å². The number of hydrogen-bond donors (Lipinski definition) is 1. The van der Waals surface area contributed by atoms with E-state index in [1.54, 1.807) is 0 Å². The predicted octanol–water partition coefficient (Wildman–Crippen LogP) is 3.40. The third-order valence-electron chi connectivity index (χ3n) is 4.50. The molecule has 1 spiro atoms. The summed E-state index contributed by atoms with van der Waals surface area (Å²) in [5.74, 6) is 0. The summed E-state index contributed by atoms with van der Waals surface area (Å²) in [5, 5.41) is 3.82. The molecular weight excluding hydrogens is 335 g/mol. The number of piperazine rings is 1. The van der Waals surface area contributed by atoms with E-state index in [4.69, 9.17) is 0 Å². The predicted molar refractivity (Wildman–Crippen MR) is 85.2 cm³/mol. The van der Waals surface area contributed by atoms with Crippen LogP contribution in [-0.2, 0) is 0 Å². The topological polar surface area (TPSA) is 15.3 Å². The van der Waals surface area contributed by atoms with Crippen LogP contribution in [0.4, 0.5) is 5.69 Å². The lowest BCUT2D eigenvalue weighted by molar-refractivity contribution is 0.276. The molecule has 0 bridgehead atoms. The van der Waals surface area contributed by atoms with Crippen LogP contribution < -0.4 is 10.2 Å². The lowest BCUT2D eigenvalue weighted by Gasteiger charge is -2.46. The summed E-state index contributed by atoms with van der Waals surface area (Å²) in [5.41, 5.74) is 1.81. The molecule has 2 aliphatic rings. The first-order valence-electron chi connectivity index (χ1n) is 6.96. The number of halogens is 1. The molecule has 1 atom stereocenters. The summed E-state index contributed by atoms with van der Waals surface area (Å²) < 4.78 is 1.37. The van der Waals surface area contributed by atoms with E-state index in [-0.39, 0.29) is 0 Å². The fourth-order valence-corrected chi connectivity index (χ4v) is 4.10. The van der Waals surface area contributed by atoms with Crippen molar-refractivity contribution in [3.63, 3.8) is 0 Å². The lowest BCUT2D eigenvalue weighted by atomic mass is 9.92. The average Bonchev–Trinajstić information content (AvgIpc) is 2.82. The zero-order valence-corrected chi connectivity index (χ0v) is 13.1. The van der Waals surface area contributed by atoms with Crippen LogP contribution in [0.2, 0.25) is 0 Å². The van der Waals surface area contributed by atoms with Crippen LogP contribution in [0.1, 0.15) is 32.6 Å². The molecule has 1 N–H and O–H groups in total. The summed E-state index contributed by atoms with van der Waals surface area (Å²) in [6, 6.07) is 9.36. The first-order valence-corrected chi connectivity index (χ1v) is 8.04. The highest BCUT2D eigenvalue weighted by Gasteiger charge is 2.40. The van der Waals surface area contributed by atoms with Crippen molar-refractivity contribution in [1.29, 1.82) is 0 Å². The Bertz CT molecular complexity index is 426. The van der Waals surface area contributed by atoms with Gasteiger partial charge in [-0.15, -0.1) is 0 Å². The fourth-order valence-electron chi connectivity index (χ4n) is 3.41. The molecule has 2 fully saturated rings. The molecule has 1 unspecified atom stereocenters. The van der Waals surface area contributed by atoms with E-state index in [1.807, 2.05) is 0 Å². The molecule has 1 aliphatic heterocycles. The van der Waals surface area contributed by atoms with E-state index < -0.39 is 0 Å². The van der Waals surface area contributed by atoms with Crippen LogP contribution in [0.5, 0.6) is 0 Å². The van der Waals surface area contributed by atoms with Gasteiger partial charge in [-0.2, -0.15) is 0 Å². The molecule has 98 valence electrons. The van der Waals surface area contributed by atoms with Crippen LogP contribution >= 0.6 is 22.6 Å². The Labute approximate surface area is 123 Å². The van der Waals surface area contributed by atoms with Gasteiger partial charge in [0, 0.05) is 28.2 Å². The normalized spacial score (nSPS) is 26.8. The van der Waals surface area contributed by atoms with E-state index in [0.717, 1.165) is 6.54 Å². The summed E-state index contributed by atoms with van der Waals surface area (Å²) >= 11 is 2.46. The first-order chi connectivity index (χ1) is 8.70. The van der Waals surface area contributed by atoms with Crippen molar-refractivity contribution in [2.45, 2.75) is 44.2 Å². The number of rotatable bonds is 1. The van der Waals surface area contributed by atoms with Gasteiger partial charge in [0.1, 0.15) is 0 Å². The van der Waals surface area contributed by atoms with E-state index in [9.17, 15) is 0 Å². The van der Waals surface area contributed by atoms with E-state index in [1.165, 1.54) is 41.5 Å². The number of para-hydroxylation sites is 1. The number of hydrogen-bond acceptors (Lipinski definition) is 2. The minimum absolute atomic E-state index is 0.394. The zero-order valence-electron chi connectivity index (χ0n) is 11.0. The molecule has 3 rings (SSSR count). The third kappa shape index (κ3) is 2.27. The van der Waals surface area contributed by atoms with Gasteiger partial charge in [0.15, 0.2) is 0 Å². The van der Waals surface area contributed by atoms with Gasteiger partial charge in [-0.3, -0.25) is 0 Å². The van der Waals surface area contributed by atoms with Gasteiger partial charge in [-0.25, -0.2) is 0 Å². The van der Waals surface area contributed by atoms with Crippen molar-refractivity contribution < 1.29 is 0 Å². The molecule has 1 aliphatic carbocycles. The quantitative estimate of drug-likeness (QED) is 0.776. The monoisotopic (exact) mass is 356 g/mol. The second kappa shape index (κ2) is 5.00. The van der Waals surface area contributed by atoms with Crippen molar-refractivity contribution in [2.24, 2.45) is 0 Å². The number of benzene rings is 1. The fraction of sp³-hybridized carbons (Fsp3) is 0.600. The largest absolute Gasteiger partial charge is 0.365 e. The number of nitrogens with zero attached hydrogens (tertiary/aromatic N) is 1. The van der Waals surface area contributed by atoms with Crippen LogP contribution in [-0.4, -0.2) is 24.7 Å². The molecule has 18 heavy (non-hydrogen) atoms. The van der Waals surface area contributed by atoms with Crippen LogP contribution in [0, 0.1) is 3.57 Å². The van der Waals surface area contributed by atoms with Gasteiger partial charge in [0.25, 0.3) is 0 Å². The molecule has 0 radical (unpaired) electrons. The van der Waals surface area contributed by atoms with E-state index >= 15 is 0 Å². The molecule has 0 amide bonds. The zero-order chi connectivity index (χ0) is 12.6. The molecule has 1 aromatic rings. The Morgan fingerprint density at radius 2 is 2.00 bits per heavy atom. The second-order valence-electron chi connectivity index (χ2n) is 5.80. The summed E-state index contributed by atoms with van der Waals surface area (Å²) in [7, 11) is 0. The molecule has 3 heteroatoms. The maximum absolute atomic E-state index is 3.82. The average molecular weight is 356 g/mol. The lowest BCUT2D eigenvalue weighted by Crippen LogP contribution is -2.62. The highest BCUT2D eigenvalue weighted by Crippen LogP contribution is 2.36. The van der Waals surface area contributed by atoms with Gasteiger partial charge >= 0.3 is 0 Å². The Balaban J connectivity index is 1.88. The highest BCUT2D eigenvalue weighted by molar-refractivity contribution is 14.1. The van der Waals surface area contributed by atoms with Crippen LogP contribution in [0.25, 0.3) is 0 Å². The minimum Gasteiger partial charge on any atom is -0.365 e. The highest BCUT2D eigenvalue weighted by atomic mass is 127. The van der Waals surface area contributed by atoms with Crippen molar-refractivity contribution >= 4 is 28.3 Å². The van der Waals surface area contributed by atoms with Crippen molar-refractivity contribution in [2.75, 3.05) is 18.0 Å². The smallest absolute Gasteiger partial charge is 0.0505 e. The van der Waals surface area contributed by atoms with E-state index in [2.05, 4.69) is 64.0 Å². The second-order valence-corrected chi connectivity index (χ2v) is 6.96. The summed E-state index contributed by atoms with van der Waals surface area (Å²) in [6.45, 7) is 4.62.